The Balaban J connectivity index is 2.67. The van der Waals surface area contributed by atoms with Gasteiger partial charge >= 0.3 is 6.09 Å². The number of nitrogens with zero attached hydrogens (tertiary/aromatic N) is 1. The van der Waals surface area contributed by atoms with Gasteiger partial charge in [0.15, 0.2) is 6.23 Å². The molecule has 0 bridgehead atoms. The largest absolute Gasteiger partial charge is 0.449 e. The van der Waals surface area contributed by atoms with Crippen LogP contribution in [-0.4, -0.2) is 88.6 Å². The molecule has 1 heterocycles. The minimum atomic E-state index is -1.48. The van der Waals surface area contributed by atoms with Crippen LogP contribution in [0, 0.1) is 5.92 Å². The van der Waals surface area contributed by atoms with Gasteiger partial charge in [0.2, 0.25) is 5.91 Å². The molecule has 6 N–H and O–H groups in total. The Morgan fingerprint density at radius 3 is 1.45 bits per heavy atom. The summed E-state index contributed by atoms with van der Waals surface area (Å²) >= 11 is 0. The molecule has 0 aromatic rings. The number of carbonyl (C=O) groups excluding carboxylic acids is 2. The number of unbranched alkanes of at least 4 members (excludes halogenated alkanes) is 26. The van der Waals surface area contributed by atoms with Crippen LogP contribution in [0.4, 0.5) is 4.79 Å². The first-order valence-electron chi connectivity index (χ1n) is 23.3. The third-order valence-electron chi connectivity index (χ3n) is 11.3. The van der Waals surface area contributed by atoms with Gasteiger partial charge in [0.1, 0.15) is 24.4 Å². The minimum absolute atomic E-state index is 0.176. The topological polar surface area (TPSA) is 155 Å². The smallest absolute Gasteiger partial charge is 0.411 e. The molecule has 0 aliphatic carbocycles. The molecule has 0 spiro atoms. The van der Waals surface area contributed by atoms with E-state index in [-0.39, 0.29) is 12.5 Å². The van der Waals surface area contributed by atoms with Crippen molar-refractivity contribution in [2.45, 2.75) is 251 Å². The third-order valence-corrected chi connectivity index (χ3v) is 11.3. The highest BCUT2D eigenvalue weighted by Gasteiger charge is 2.48. The molecular weight excluding hydrogens is 695 g/mol. The maximum Gasteiger partial charge on any atom is 0.411 e. The lowest BCUT2D eigenvalue weighted by atomic mass is 9.94. The summed E-state index contributed by atoms with van der Waals surface area (Å²) in [7, 11) is 0. The predicted molar refractivity (Wildman–Crippen MR) is 226 cm³/mol. The van der Waals surface area contributed by atoms with Gasteiger partial charge in [0.05, 0.1) is 19.3 Å². The van der Waals surface area contributed by atoms with Gasteiger partial charge in [-0.25, -0.2) is 4.79 Å². The first-order valence-corrected chi connectivity index (χ1v) is 23.3. The SMILES string of the molecule is CCCCCCCCCCCCCCCCCCN(C(=O)OCCCCCCCCCCCCCC)[C@@H]1O[C@H](CO)[C@@H](O)[C@H](O)[C@H]1NC(=O)[C@@H](N)CC(C)C. The van der Waals surface area contributed by atoms with Crippen molar-refractivity contribution >= 4 is 12.0 Å². The highest BCUT2D eigenvalue weighted by atomic mass is 16.6. The molecule has 0 aromatic heterocycles. The summed E-state index contributed by atoms with van der Waals surface area (Å²) in [5.41, 5.74) is 6.17. The predicted octanol–water partition coefficient (Wildman–Crippen LogP) is 9.68. The second kappa shape index (κ2) is 34.6. The molecule has 1 aliphatic rings. The van der Waals surface area contributed by atoms with Crippen molar-refractivity contribution in [3.8, 4) is 0 Å². The molecular formula is C45H89N3O7. The van der Waals surface area contributed by atoms with Crippen LogP contribution < -0.4 is 11.1 Å². The highest BCUT2D eigenvalue weighted by molar-refractivity contribution is 5.82. The van der Waals surface area contributed by atoms with E-state index in [1.54, 1.807) is 0 Å². The molecule has 55 heavy (non-hydrogen) atoms. The van der Waals surface area contributed by atoms with E-state index in [1.165, 1.54) is 140 Å². The van der Waals surface area contributed by atoms with Crippen LogP contribution in [0.15, 0.2) is 0 Å². The van der Waals surface area contributed by atoms with Crippen molar-refractivity contribution in [1.82, 2.24) is 10.2 Å². The van der Waals surface area contributed by atoms with E-state index in [2.05, 4.69) is 19.2 Å². The molecule has 1 aliphatic heterocycles. The lowest BCUT2D eigenvalue weighted by Crippen LogP contribution is -2.69. The highest BCUT2D eigenvalue weighted by Crippen LogP contribution is 2.26. The standard InChI is InChI=1S/C45H89N3O7/c1-5-7-9-11-13-15-17-19-20-21-22-23-25-27-29-31-33-48(45(53)54-34-32-30-28-26-24-18-16-14-12-10-8-6-2)44-40(42(51)41(50)39(36-49)55-44)47-43(52)38(46)35-37(3)4/h37-42,44,49-51H,5-36,46H2,1-4H3,(H,47,52)/t38-,39+,40+,41+,42+,44+/m0/s1. The van der Waals surface area contributed by atoms with Gasteiger partial charge in [-0.2, -0.15) is 0 Å². The number of nitrogens with one attached hydrogen (secondary N) is 1. The number of amides is 2. The molecule has 2 amide bonds. The minimum Gasteiger partial charge on any atom is -0.449 e. The molecule has 0 unspecified atom stereocenters. The van der Waals surface area contributed by atoms with Crippen molar-refractivity contribution in [3.63, 3.8) is 0 Å². The van der Waals surface area contributed by atoms with Gasteiger partial charge in [0.25, 0.3) is 0 Å². The summed E-state index contributed by atoms with van der Waals surface area (Å²) in [5, 5.41) is 34.7. The van der Waals surface area contributed by atoms with Crippen LogP contribution in [0.1, 0.15) is 214 Å². The van der Waals surface area contributed by atoms with E-state index >= 15 is 0 Å². The van der Waals surface area contributed by atoms with Gasteiger partial charge in [-0.3, -0.25) is 9.69 Å². The number of carbonyl (C=O) groups is 2. The van der Waals surface area contributed by atoms with Crippen LogP contribution in [0.3, 0.4) is 0 Å². The van der Waals surface area contributed by atoms with Gasteiger partial charge in [-0.05, 0) is 25.2 Å². The first-order chi connectivity index (χ1) is 26.7. The van der Waals surface area contributed by atoms with Gasteiger partial charge < -0.3 is 35.8 Å². The zero-order valence-corrected chi connectivity index (χ0v) is 36.2. The summed E-state index contributed by atoms with van der Waals surface area (Å²) < 4.78 is 11.9. The van der Waals surface area contributed by atoms with Crippen molar-refractivity contribution < 1.29 is 34.4 Å². The van der Waals surface area contributed by atoms with Crippen molar-refractivity contribution in [1.29, 1.82) is 0 Å². The zero-order chi connectivity index (χ0) is 40.5. The Morgan fingerprint density at radius 2 is 1.05 bits per heavy atom. The summed E-state index contributed by atoms with van der Waals surface area (Å²) in [5.74, 6) is -0.316. The maximum atomic E-state index is 13.7. The van der Waals surface area contributed by atoms with Crippen molar-refractivity contribution in [3.05, 3.63) is 0 Å². The van der Waals surface area contributed by atoms with E-state index in [9.17, 15) is 24.9 Å². The van der Waals surface area contributed by atoms with E-state index in [0.29, 0.717) is 19.4 Å². The summed E-state index contributed by atoms with van der Waals surface area (Å²) in [6.45, 7) is 8.46. The van der Waals surface area contributed by atoms with Crippen LogP contribution in [0.2, 0.25) is 0 Å². The number of aliphatic hydroxyl groups excluding tert-OH is 3. The summed E-state index contributed by atoms with van der Waals surface area (Å²) in [6.07, 6.45) is 29.0. The second-order valence-corrected chi connectivity index (χ2v) is 17.0. The van der Waals surface area contributed by atoms with E-state index in [4.69, 9.17) is 15.2 Å². The number of nitrogens with two attached hydrogens (primary N) is 1. The number of ether oxygens (including phenoxy) is 2. The number of hydrogen-bond donors (Lipinski definition) is 5. The van der Waals surface area contributed by atoms with Crippen LogP contribution in [0.5, 0.6) is 0 Å². The first kappa shape index (κ1) is 51.6. The van der Waals surface area contributed by atoms with Crippen LogP contribution in [0.25, 0.3) is 0 Å². The molecule has 1 saturated heterocycles. The number of rotatable bonds is 36. The maximum absolute atomic E-state index is 13.7. The van der Waals surface area contributed by atoms with Crippen molar-refractivity contribution in [2.24, 2.45) is 11.7 Å². The number of hydrogen-bond acceptors (Lipinski definition) is 8. The lowest BCUT2D eigenvalue weighted by molar-refractivity contribution is -0.226. The Hall–Kier alpha value is -1.46. The lowest BCUT2D eigenvalue weighted by Gasteiger charge is -2.46. The summed E-state index contributed by atoms with van der Waals surface area (Å²) in [4.78, 5) is 28.3. The Kier molecular flexibility index (Phi) is 32.4. The molecule has 6 atom stereocenters. The average molecular weight is 784 g/mol. The van der Waals surface area contributed by atoms with Crippen LogP contribution >= 0.6 is 0 Å². The molecule has 1 rings (SSSR count). The van der Waals surface area contributed by atoms with Crippen LogP contribution in [-0.2, 0) is 14.3 Å². The quantitative estimate of drug-likeness (QED) is 0.0394. The Morgan fingerprint density at radius 1 is 0.655 bits per heavy atom. The Bertz CT molecular complexity index is 910. The second-order valence-electron chi connectivity index (χ2n) is 17.0. The molecule has 10 heteroatoms. The zero-order valence-electron chi connectivity index (χ0n) is 36.2. The molecule has 0 radical (unpaired) electrons. The van der Waals surface area contributed by atoms with E-state index in [1.807, 2.05) is 13.8 Å². The fourth-order valence-corrected chi connectivity index (χ4v) is 7.74. The fraction of sp³-hybridized carbons (Fsp3) is 0.956. The molecule has 326 valence electrons. The van der Waals surface area contributed by atoms with Gasteiger partial charge in [-0.15, -0.1) is 0 Å². The van der Waals surface area contributed by atoms with E-state index < -0.39 is 55.2 Å². The third kappa shape index (κ3) is 24.8. The molecule has 10 nitrogen and oxygen atoms in total. The Labute approximate surface area is 337 Å². The number of aliphatic hydroxyl groups is 3. The van der Waals surface area contributed by atoms with Gasteiger partial charge in [-0.1, -0.05) is 195 Å². The fourth-order valence-electron chi connectivity index (χ4n) is 7.74. The summed E-state index contributed by atoms with van der Waals surface area (Å²) in [6, 6.07) is -1.98. The van der Waals surface area contributed by atoms with Crippen molar-refractivity contribution in [2.75, 3.05) is 19.8 Å². The van der Waals surface area contributed by atoms with Gasteiger partial charge in [0, 0.05) is 6.54 Å². The average Bonchev–Trinajstić information content (AvgIpc) is 3.16. The normalized spacial score (nSPS) is 20.5. The molecule has 0 aromatic carbocycles. The molecule has 1 fully saturated rings. The monoisotopic (exact) mass is 784 g/mol. The molecule has 0 saturated carbocycles. The van der Waals surface area contributed by atoms with E-state index in [0.717, 1.165) is 38.5 Å².